The number of carbonyl (C=O) groups excluding carboxylic acids is 1. The van der Waals surface area contributed by atoms with Crippen LogP contribution in [0.25, 0.3) is 10.9 Å². The van der Waals surface area contributed by atoms with Crippen LogP contribution in [0, 0.1) is 6.92 Å². The number of anilines is 1. The van der Waals surface area contributed by atoms with Crippen LogP contribution in [0.1, 0.15) is 21.6 Å². The average Bonchev–Trinajstić information content (AvgIpc) is 3.41. The minimum atomic E-state index is -4.39. The van der Waals surface area contributed by atoms with E-state index in [0.717, 1.165) is 16.5 Å². The lowest BCUT2D eigenvalue weighted by Gasteiger charge is -2.34. The van der Waals surface area contributed by atoms with Gasteiger partial charge in [0, 0.05) is 62.3 Å². The number of halogens is 4. The third-order valence-corrected chi connectivity index (χ3v) is 10.3. The standard InChI is InChI=1S/C35H33ClF3N5O5S/c1-23-29(36)4-3-5-32(23)50(46,47)41-26-9-13-33(40-20-26)49-28-12-8-25-18-31(42(2)30(25)19-28)34(45)44-16-14-43(15-17-44)21-24-6-10-27(11-7-24)48-22-35(37,38)39/h3-13,18-20,41H,14-17,21-22H2,1-2H3. The Morgan fingerprint density at radius 2 is 1.68 bits per heavy atom. The number of alkyl halides is 3. The number of aryl methyl sites for hydroxylation is 1. The molecule has 0 saturated carbocycles. The molecule has 0 radical (unpaired) electrons. The van der Waals surface area contributed by atoms with Gasteiger partial charge in [0.05, 0.1) is 22.3 Å². The molecule has 0 unspecified atom stereocenters. The van der Waals surface area contributed by atoms with Crippen molar-refractivity contribution < 1.29 is 35.9 Å². The molecule has 10 nitrogen and oxygen atoms in total. The van der Waals surface area contributed by atoms with Crippen molar-refractivity contribution in [2.24, 2.45) is 7.05 Å². The van der Waals surface area contributed by atoms with Gasteiger partial charge in [0.2, 0.25) is 5.88 Å². The second-order valence-electron chi connectivity index (χ2n) is 11.9. The van der Waals surface area contributed by atoms with Crippen LogP contribution in [0.15, 0.2) is 90.0 Å². The largest absolute Gasteiger partial charge is 0.484 e. The number of sulfonamides is 1. The van der Waals surface area contributed by atoms with Crippen molar-refractivity contribution in [3.8, 4) is 17.4 Å². The Bertz CT molecular complexity index is 2120. The number of aromatic nitrogens is 2. The molecule has 1 N–H and O–H groups in total. The summed E-state index contributed by atoms with van der Waals surface area (Å²) in [6, 6.07) is 21.6. The van der Waals surface area contributed by atoms with Gasteiger partial charge in [0.15, 0.2) is 6.61 Å². The molecule has 5 aromatic rings. The Kier molecular flexibility index (Phi) is 9.96. The first-order chi connectivity index (χ1) is 23.8. The number of carbonyl (C=O) groups is 1. The Morgan fingerprint density at radius 1 is 0.960 bits per heavy atom. The minimum absolute atomic E-state index is 0.0735. The maximum absolute atomic E-state index is 13.6. The lowest BCUT2D eigenvalue weighted by molar-refractivity contribution is -0.153. The highest BCUT2D eigenvalue weighted by Crippen LogP contribution is 2.29. The number of hydrogen-bond donors (Lipinski definition) is 1. The highest BCUT2D eigenvalue weighted by Gasteiger charge is 2.28. The van der Waals surface area contributed by atoms with Gasteiger partial charge in [0.25, 0.3) is 15.9 Å². The SMILES string of the molecule is Cc1c(Cl)cccc1S(=O)(=O)Nc1ccc(Oc2ccc3cc(C(=O)N4CCN(Cc5ccc(OCC(F)(F)F)cc5)CC4)n(C)c3c2)nc1. The first kappa shape index (κ1) is 35.1. The second-order valence-corrected chi connectivity index (χ2v) is 13.9. The van der Waals surface area contributed by atoms with Crippen molar-refractivity contribution in [2.75, 3.05) is 37.5 Å². The monoisotopic (exact) mass is 727 g/mol. The normalized spacial score (nSPS) is 14.2. The molecule has 0 aliphatic carbocycles. The van der Waals surface area contributed by atoms with Gasteiger partial charge in [-0.15, -0.1) is 0 Å². The van der Waals surface area contributed by atoms with Crippen LogP contribution in [0.2, 0.25) is 5.02 Å². The summed E-state index contributed by atoms with van der Waals surface area (Å²) in [5, 5.41) is 1.21. The fourth-order valence-electron chi connectivity index (χ4n) is 5.67. The van der Waals surface area contributed by atoms with Gasteiger partial charge in [-0.3, -0.25) is 14.4 Å². The maximum Gasteiger partial charge on any atom is 0.422 e. The smallest absolute Gasteiger partial charge is 0.422 e. The van der Waals surface area contributed by atoms with Crippen LogP contribution in [-0.4, -0.2) is 72.6 Å². The summed E-state index contributed by atoms with van der Waals surface area (Å²) in [5.74, 6) is 0.807. The zero-order valence-electron chi connectivity index (χ0n) is 27.1. The number of fused-ring (bicyclic) bond motifs is 1. The van der Waals surface area contributed by atoms with Crippen molar-refractivity contribution in [3.05, 3.63) is 107 Å². The number of pyridine rings is 1. The van der Waals surface area contributed by atoms with E-state index in [2.05, 4.69) is 14.6 Å². The average molecular weight is 728 g/mol. The summed E-state index contributed by atoms with van der Waals surface area (Å²) in [4.78, 5) is 21.9. The van der Waals surface area contributed by atoms with Crippen LogP contribution < -0.4 is 14.2 Å². The Balaban J connectivity index is 1.05. The molecular weight excluding hydrogens is 695 g/mol. The van der Waals surface area contributed by atoms with Crippen LogP contribution in [0.3, 0.4) is 0 Å². The number of nitrogens with zero attached hydrogens (tertiary/aromatic N) is 4. The quantitative estimate of drug-likeness (QED) is 0.165. The van der Waals surface area contributed by atoms with Gasteiger partial charge in [-0.2, -0.15) is 13.2 Å². The first-order valence-electron chi connectivity index (χ1n) is 15.6. The highest BCUT2D eigenvalue weighted by atomic mass is 35.5. The van der Waals surface area contributed by atoms with E-state index in [9.17, 15) is 26.4 Å². The molecule has 3 aromatic carbocycles. The first-order valence-corrected chi connectivity index (χ1v) is 17.4. The number of hydrogen-bond acceptors (Lipinski definition) is 7. The van der Waals surface area contributed by atoms with E-state index in [0.29, 0.717) is 54.8 Å². The third kappa shape index (κ3) is 8.15. The number of amides is 1. The maximum atomic E-state index is 13.6. The number of benzene rings is 3. The molecule has 3 heterocycles. The summed E-state index contributed by atoms with van der Waals surface area (Å²) in [5.41, 5.74) is 2.96. The zero-order chi connectivity index (χ0) is 35.6. The van der Waals surface area contributed by atoms with Crippen LogP contribution in [0.4, 0.5) is 18.9 Å². The molecule has 0 spiro atoms. The van der Waals surface area contributed by atoms with E-state index in [4.69, 9.17) is 21.1 Å². The second kappa shape index (κ2) is 14.2. The molecule has 1 aliphatic heterocycles. The van der Waals surface area contributed by atoms with E-state index in [-0.39, 0.29) is 28.1 Å². The molecule has 0 atom stereocenters. The van der Waals surface area contributed by atoms with Gasteiger partial charge >= 0.3 is 6.18 Å². The van der Waals surface area contributed by atoms with Gasteiger partial charge in [-0.25, -0.2) is 13.4 Å². The van der Waals surface area contributed by atoms with E-state index < -0.39 is 22.8 Å². The van der Waals surface area contributed by atoms with Gasteiger partial charge in [0.1, 0.15) is 17.2 Å². The summed E-state index contributed by atoms with van der Waals surface area (Å²) in [7, 11) is -2.07. The molecule has 1 saturated heterocycles. The van der Waals surface area contributed by atoms with Crippen LogP contribution in [0.5, 0.6) is 17.4 Å². The molecule has 50 heavy (non-hydrogen) atoms. The Labute approximate surface area is 292 Å². The van der Waals surface area contributed by atoms with E-state index >= 15 is 0 Å². The molecule has 1 fully saturated rings. The number of nitrogens with one attached hydrogen (secondary N) is 1. The Morgan fingerprint density at radius 3 is 2.36 bits per heavy atom. The zero-order valence-corrected chi connectivity index (χ0v) is 28.6. The molecule has 15 heteroatoms. The summed E-state index contributed by atoms with van der Waals surface area (Å²) in [6.45, 7) is 3.25. The van der Waals surface area contributed by atoms with E-state index in [1.54, 1.807) is 49.4 Å². The molecule has 0 bridgehead atoms. The van der Waals surface area contributed by atoms with E-state index in [1.807, 2.05) is 34.7 Å². The molecular formula is C35H33ClF3N5O5S. The number of rotatable bonds is 10. The van der Waals surface area contributed by atoms with Crippen molar-refractivity contribution in [1.82, 2.24) is 19.4 Å². The number of ether oxygens (including phenoxy) is 2. The topological polar surface area (TPSA) is 106 Å². The van der Waals surface area contributed by atoms with Gasteiger partial charge < -0.3 is 18.9 Å². The van der Waals surface area contributed by atoms with Crippen LogP contribution >= 0.6 is 11.6 Å². The van der Waals surface area contributed by atoms with Gasteiger partial charge in [-0.05, 0) is 66.6 Å². The molecule has 1 amide bonds. The molecule has 1 aliphatic rings. The predicted molar refractivity (Wildman–Crippen MR) is 183 cm³/mol. The van der Waals surface area contributed by atoms with Crippen molar-refractivity contribution in [1.29, 1.82) is 0 Å². The van der Waals surface area contributed by atoms with E-state index in [1.165, 1.54) is 24.4 Å². The Hall–Kier alpha value is -4.79. The van der Waals surface area contributed by atoms with Gasteiger partial charge in [-0.1, -0.05) is 29.8 Å². The highest BCUT2D eigenvalue weighted by molar-refractivity contribution is 7.92. The predicted octanol–water partition coefficient (Wildman–Crippen LogP) is 7.03. The summed E-state index contributed by atoms with van der Waals surface area (Å²) >= 11 is 6.10. The summed E-state index contributed by atoms with van der Waals surface area (Å²) in [6.07, 6.45) is -3.03. The summed E-state index contributed by atoms with van der Waals surface area (Å²) < 4.78 is 78.1. The minimum Gasteiger partial charge on any atom is -0.484 e. The van der Waals surface area contributed by atoms with Crippen molar-refractivity contribution in [2.45, 2.75) is 24.5 Å². The molecule has 262 valence electrons. The van der Waals surface area contributed by atoms with Crippen molar-refractivity contribution in [3.63, 3.8) is 0 Å². The fourth-order valence-corrected chi connectivity index (χ4v) is 7.22. The number of piperazine rings is 1. The molecule has 6 rings (SSSR count). The lowest BCUT2D eigenvalue weighted by Crippen LogP contribution is -2.48. The van der Waals surface area contributed by atoms with Crippen LogP contribution in [-0.2, 0) is 23.6 Å². The lowest BCUT2D eigenvalue weighted by atomic mass is 10.2. The molecule has 2 aromatic heterocycles. The van der Waals surface area contributed by atoms with Crippen molar-refractivity contribution >= 4 is 44.1 Å². The third-order valence-electron chi connectivity index (χ3n) is 8.35. The fraction of sp³-hybridized carbons (Fsp3) is 0.257.